The van der Waals surface area contributed by atoms with Gasteiger partial charge in [-0.2, -0.15) is 0 Å². The van der Waals surface area contributed by atoms with Gasteiger partial charge < -0.3 is 5.73 Å². The van der Waals surface area contributed by atoms with Gasteiger partial charge in [0.25, 0.3) is 0 Å². The summed E-state index contributed by atoms with van der Waals surface area (Å²) < 4.78 is 2.60. The molecule has 0 bridgehead atoms. The maximum atomic E-state index is 5.77. The number of nitrogen functional groups attached to an aromatic ring is 1. The van der Waals surface area contributed by atoms with Crippen LogP contribution in [0.5, 0.6) is 0 Å². The SMILES string of the molecule is CCC(CC1CC1)n1c(N)n[nH]c1=S. The lowest BCUT2D eigenvalue weighted by Gasteiger charge is -2.16. The van der Waals surface area contributed by atoms with Crippen LogP contribution in [0.25, 0.3) is 0 Å². The quantitative estimate of drug-likeness (QED) is 0.753. The lowest BCUT2D eigenvalue weighted by atomic mass is 10.1. The number of H-pyrrole nitrogens is 1. The first kappa shape index (κ1) is 9.71. The number of hydrogen-bond acceptors (Lipinski definition) is 3. The van der Waals surface area contributed by atoms with Crippen molar-refractivity contribution in [3.8, 4) is 0 Å². The zero-order valence-electron chi connectivity index (χ0n) is 8.36. The van der Waals surface area contributed by atoms with Crippen molar-refractivity contribution >= 4 is 18.2 Å². The molecular formula is C9H16N4S. The first-order chi connectivity index (χ1) is 6.72. The van der Waals surface area contributed by atoms with Gasteiger partial charge >= 0.3 is 0 Å². The monoisotopic (exact) mass is 212 g/mol. The molecule has 1 heterocycles. The van der Waals surface area contributed by atoms with Crippen LogP contribution < -0.4 is 5.73 Å². The molecule has 78 valence electrons. The number of aromatic nitrogens is 3. The van der Waals surface area contributed by atoms with E-state index in [0.29, 0.717) is 16.8 Å². The number of aromatic amines is 1. The Morgan fingerprint density at radius 3 is 2.86 bits per heavy atom. The minimum atomic E-state index is 0.425. The number of rotatable bonds is 4. The van der Waals surface area contributed by atoms with Crippen molar-refractivity contribution in [1.29, 1.82) is 0 Å². The minimum absolute atomic E-state index is 0.425. The Bertz CT molecular complexity index is 363. The van der Waals surface area contributed by atoms with E-state index in [1.165, 1.54) is 19.3 Å². The van der Waals surface area contributed by atoms with Gasteiger partial charge in [-0.15, -0.1) is 5.10 Å². The zero-order chi connectivity index (χ0) is 10.1. The molecule has 0 aromatic carbocycles. The third-order valence-electron chi connectivity index (χ3n) is 2.87. The molecule has 1 fully saturated rings. The Balaban J connectivity index is 2.20. The lowest BCUT2D eigenvalue weighted by Crippen LogP contribution is -2.12. The predicted molar refractivity (Wildman–Crippen MR) is 58.5 cm³/mol. The molecule has 3 N–H and O–H groups in total. The maximum Gasteiger partial charge on any atom is 0.220 e. The van der Waals surface area contributed by atoms with E-state index in [9.17, 15) is 0 Å². The van der Waals surface area contributed by atoms with E-state index in [0.717, 1.165) is 12.3 Å². The van der Waals surface area contributed by atoms with Crippen molar-refractivity contribution < 1.29 is 0 Å². The van der Waals surface area contributed by atoms with E-state index < -0.39 is 0 Å². The van der Waals surface area contributed by atoms with E-state index >= 15 is 0 Å². The van der Waals surface area contributed by atoms with Crippen LogP contribution in [0.1, 0.15) is 38.6 Å². The summed E-state index contributed by atoms with van der Waals surface area (Å²) in [4.78, 5) is 0. The van der Waals surface area contributed by atoms with E-state index in [4.69, 9.17) is 18.0 Å². The molecule has 1 unspecified atom stereocenters. The van der Waals surface area contributed by atoms with Gasteiger partial charge in [-0.25, -0.2) is 5.10 Å². The van der Waals surface area contributed by atoms with E-state index in [1.54, 1.807) is 0 Å². The highest BCUT2D eigenvalue weighted by atomic mass is 32.1. The fourth-order valence-corrected chi connectivity index (χ4v) is 2.15. The summed E-state index contributed by atoms with van der Waals surface area (Å²) in [6, 6.07) is 0.425. The summed E-state index contributed by atoms with van der Waals surface area (Å²) in [5.74, 6) is 1.40. The average Bonchev–Trinajstić information content (AvgIpc) is 2.92. The van der Waals surface area contributed by atoms with Gasteiger partial charge in [-0.05, 0) is 31.0 Å². The number of nitrogens with one attached hydrogen (secondary N) is 1. The third kappa shape index (κ3) is 1.82. The van der Waals surface area contributed by atoms with Crippen LogP contribution in [-0.4, -0.2) is 14.8 Å². The summed E-state index contributed by atoms with van der Waals surface area (Å²) in [5.41, 5.74) is 5.77. The second-order valence-electron chi connectivity index (χ2n) is 4.00. The maximum absolute atomic E-state index is 5.77. The molecular weight excluding hydrogens is 196 g/mol. The molecule has 14 heavy (non-hydrogen) atoms. The summed E-state index contributed by atoms with van der Waals surface area (Å²) in [6.45, 7) is 2.17. The summed E-state index contributed by atoms with van der Waals surface area (Å²) in [7, 11) is 0. The molecule has 0 spiro atoms. The molecule has 4 nitrogen and oxygen atoms in total. The molecule has 1 saturated carbocycles. The van der Waals surface area contributed by atoms with Crippen LogP contribution in [0.4, 0.5) is 5.95 Å². The van der Waals surface area contributed by atoms with Crippen molar-refractivity contribution in [1.82, 2.24) is 14.8 Å². The fourth-order valence-electron chi connectivity index (χ4n) is 1.86. The highest BCUT2D eigenvalue weighted by Gasteiger charge is 2.26. The Morgan fingerprint density at radius 1 is 1.71 bits per heavy atom. The fraction of sp³-hybridized carbons (Fsp3) is 0.778. The van der Waals surface area contributed by atoms with Crippen LogP contribution in [0.3, 0.4) is 0 Å². The van der Waals surface area contributed by atoms with Gasteiger partial charge in [0.2, 0.25) is 5.95 Å². The van der Waals surface area contributed by atoms with Crippen molar-refractivity contribution in [3.05, 3.63) is 4.77 Å². The van der Waals surface area contributed by atoms with Gasteiger partial charge in [0.1, 0.15) is 0 Å². The standard InChI is InChI=1S/C9H16N4S/c1-2-7(5-6-3-4-6)13-8(10)11-12-9(13)14/h6-7H,2-5H2,1H3,(H2,10,11)(H,12,14). The van der Waals surface area contributed by atoms with Crippen LogP contribution in [-0.2, 0) is 0 Å². The number of nitrogens with two attached hydrogens (primary N) is 1. The highest BCUT2D eigenvalue weighted by molar-refractivity contribution is 7.71. The molecule has 1 aliphatic rings. The lowest BCUT2D eigenvalue weighted by molar-refractivity contribution is 0.428. The van der Waals surface area contributed by atoms with Crippen LogP contribution in [0.15, 0.2) is 0 Å². The molecule has 0 aliphatic heterocycles. The van der Waals surface area contributed by atoms with Gasteiger partial charge in [0, 0.05) is 6.04 Å². The molecule has 1 aromatic heterocycles. The van der Waals surface area contributed by atoms with Gasteiger partial charge in [-0.1, -0.05) is 19.8 Å². The van der Waals surface area contributed by atoms with Crippen LogP contribution >= 0.6 is 12.2 Å². The second-order valence-corrected chi connectivity index (χ2v) is 4.38. The smallest absolute Gasteiger partial charge is 0.220 e. The molecule has 0 radical (unpaired) electrons. The molecule has 1 aromatic rings. The first-order valence-corrected chi connectivity index (χ1v) is 5.55. The van der Waals surface area contributed by atoms with E-state index in [-0.39, 0.29) is 0 Å². The Kier molecular flexibility index (Phi) is 2.58. The van der Waals surface area contributed by atoms with E-state index in [1.807, 2.05) is 4.57 Å². The second kappa shape index (κ2) is 3.73. The topological polar surface area (TPSA) is 59.6 Å². The number of anilines is 1. The van der Waals surface area contributed by atoms with Gasteiger partial charge in [-0.3, -0.25) is 4.57 Å². The summed E-state index contributed by atoms with van der Waals surface area (Å²) >= 11 is 5.15. The van der Waals surface area contributed by atoms with Crippen molar-refractivity contribution in [2.75, 3.05) is 5.73 Å². The molecule has 0 saturated heterocycles. The van der Waals surface area contributed by atoms with Crippen molar-refractivity contribution in [2.24, 2.45) is 5.92 Å². The van der Waals surface area contributed by atoms with Crippen molar-refractivity contribution in [2.45, 2.75) is 38.6 Å². The molecule has 2 rings (SSSR count). The Labute approximate surface area is 88.5 Å². The third-order valence-corrected chi connectivity index (χ3v) is 3.16. The number of hydrogen-bond donors (Lipinski definition) is 2. The predicted octanol–water partition coefficient (Wildman–Crippen LogP) is 2.27. The van der Waals surface area contributed by atoms with Crippen molar-refractivity contribution in [3.63, 3.8) is 0 Å². The molecule has 1 atom stereocenters. The Hall–Kier alpha value is -0.840. The zero-order valence-corrected chi connectivity index (χ0v) is 9.18. The summed E-state index contributed by atoms with van der Waals surface area (Å²) in [6.07, 6.45) is 4.98. The number of nitrogens with zero attached hydrogens (tertiary/aromatic N) is 2. The molecule has 0 amide bonds. The van der Waals surface area contributed by atoms with Crippen LogP contribution in [0.2, 0.25) is 0 Å². The minimum Gasteiger partial charge on any atom is -0.368 e. The van der Waals surface area contributed by atoms with E-state index in [2.05, 4.69) is 17.1 Å². The van der Waals surface area contributed by atoms with Gasteiger partial charge in [0.05, 0.1) is 0 Å². The highest BCUT2D eigenvalue weighted by Crippen LogP contribution is 2.38. The molecule has 5 heteroatoms. The van der Waals surface area contributed by atoms with Gasteiger partial charge in [0.15, 0.2) is 4.77 Å². The average molecular weight is 212 g/mol. The summed E-state index contributed by atoms with van der Waals surface area (Å²) in [5, 5.41) is 6.67. The Morgan fingerprint density at radius 2 is 2.43 bits per heavy atom. The largest absolute Gasteiger partial charge is 0.368 e. The first-order valence-electron chi connectivity index (χ1n) is 5.14. The van der Waals surface area contributed by atoms with Crippen LogP contribution in [0, 0.1) is 10.7 Å². The molecule has 1 aliphatic carbocycles. The normalized spacial score (nSPS) is 18.4.